The Morgan fingerprint density at radius 3 is 2.69 bits per heavy atom. The van der Waals surface area contributed by atoms with E-state index in [1.165, 1.54) is 5.56 Å². The van der Waals surface area contributed by atoms with E-state index in [-0.39, 0.29) is 0 Å². The van der Waals surface area contributed by atoms with Gasteiger partial charge >= 0.3 is 0 Å². The Morgan fingerprint density at radius 2 is 2.08 bits per heavy atom. The lowest BCUT2D eigenvalue weighted by Gasteiger charge is -2.11. The molecule has 1 aromatic rings. The molecule has 1 N–H and O–H groups in total. The van der Waals surface area contributed by atoms with Gasteiger partial charge in [0.1, 0.15) is 0 Å². The fourth-order valence-corrected chi connectivity index (χ4v) is 1.27. The molecule has 0 spiro atoms. The van der Waals surface area contributed by atoms with Crippen molar-refractivity contribution in [3.8, 4) is 0 Å². The second kappa shape index (κ2) is 4.52. The van der Waals surface area contributed by atoms with Gasteiger partial charge in [0.2, 0.25) is 0 Å². The average Bonchev–Trinajstić information content (AvgIpc) is 2.06. The van der Waals surface area contributed by atoms with Gasteiger partial charge in [0.05, 0.1) is 0 Å². The van der Waals surface area contributed by atoms with Crippen molar-refractivity contribution in [2.75, 3.05) is 11.9 Å². The van der Waals surface area contributed by atoms with Gasteiger partial charge in [0.25, 0.3) is 0 Å². The van der Waals surface area contributed by atoms with Crippen LogP contribution in [0.4, 0.5) is 5.69 Å². The number of halogens is 1. The van der Waals surface area contributed by atoms with E-state index in [1.54, 1.807) is 0 Å². The smallest absolute Gasteiger partial charge is 0.0426 e. The van der Waals surface area contributed by atoms with E-state index in [0.717, 1.165) is 17.3 Å². The van der Waals surface area contributed by atoms with E-state index in [4.69, 9.17) is 11.6 Å². The second-order valence-corrected chi connectivity index (χ2v) is 4.17. The molecule has 0 amide bonds. The molecule has 0 unspecified atom stereocenters. The third-order valence-electron chi connectivity index (χ3n) is 1.90. The number of rotatable bonds is 3. The number of hydrogen-bond donors (Lipinski definition) is 1. The third kappa shape index (κ3) is 3.27. The molecule has 0 bridgehead atoms. The fourth-order valence-electron chi connectivity index (χ4n) is 1.10. The number of hydrogen-bond acceptors (Lipinski definition) is 1. The first-order valence-electron chi connectivity index (χ1n) is 4.59. The molecule has 0 heterocycles. The predicted molar refractivity (Wildman–Crippen MR) is 59.5 cm³/mol. The molecule has 1 rings (SSSR count). The van der Waals surface area contributed by atoms with E-state index < -0.39 is 0 Å². The van der Waals surface area contributed by atoms with Crippen molar-refractivity contribution in [3.63, 3.8) is 0 Å². The highest BCUT2D eigenvalue weighted by Crippen LogP contribution is 2.20. The van der Waals surface area contributed by atoms with Crippen LogP contribution in [0.3, 0.4) is 0 Å². The van der Waals surface area contributed by atoms with E-state index in [9.17, 15) is 0 Å². The van der Waals surface area contributed by atoms with Crippen LogP contribution in [-0.4, -0.2) is 6.54 Å². The molecule has 0 saturated carbocycles. The van der Waals surface area contributed by atoms with Crippen molar-refractivity contribution in [2.45, 2.75) is 20.8 Å². The van der Waals surface area contributed by atoms with Crippen LogP contribution in [0.2, 0.25) is 5.02 Å². The normalized spacial score (nSPS) is 10.5. The summed E-state index contributed by atoms with van der Waals surface area (Å²) in [5.74, 6) is 0.651. The molecule has 0 atom stereocenters. The van der Waals surface area contributed by atoms with Crippen molar-refractivity contribution in [3.05, 3.63) is 28.8 Å². The van der Waals surface area contributed by atoms with Gasteiger partial charge in [-0.05, 0) is 30.5 Å². The first-order valence-corrected chi connectivity index (χ1v) is 4.97. The van der Waals surface area contributed by atoms with Crippen LogP contribution in [0.15, 0.2) is 18.2 Å². The monoisotopic (exact) mass is 197 g/mol. The predicted octanol–water partition coefficient (Wildman–Crippen LogP) is 3.72. The largest absolute Gasteiger partial charge is 0.385 e. The maximum Gasteiger partial charge on any atom is 0.0426 e. The van der Waals surface area contributed by atoms with Crippen molar-refractivity contribution in [1.29, 1.82) is 0 Å². The van der Waals surface area contributed by atoms with Crippen LogP contribution in [0, 0.1) is 12.8 Å². The summed E-state index contributed by atoms with van der Waals surface area (Å²) in [5, 5.41) is 4.16. The quantitative estimate of drug-likeness (QED) is 0.779. The summed E-state index contributed by atoms with van der Waals surface area (Å²) in [6, 6.07) is 5.92. The Labute approximate surface area is 85.1 Å². The van der Waals surface area contributed by atoms with Crippen LogP contribution in [0.1, 0.15) is 19.4 Å². The van der Waals surface area contributed by atoms with Gasteiger partial charge < -0.3 is 5.32 Å². The minimum absolute atomic E-state index is 0.651. The molecule has 13 heavy (non-hydrogen) atoms. The number of aryl methyl sites for hydroxylation is 1. The lowest BCUT2D eigenvalue weighted by molar-refractivity contribution is 0.688. The SMILES string of the molecule is Cc1ccc(Cl)cc1NCC(C)C. The molecule has 0 radical (unpaired) electrons. The molecular weight excluding hydrogens is 182 g/mol. The summed E-state index contributed by atoms with van der Waals surface area (Å²) >= 11 is 5.89. The Bertz CT molecular complexity index is 281. The Morgan fingerprint density at radius 1 is 1.38 bits per heavy atom. The first kappa shape index (κ1) is 10.4. The molecule has 0 saturated heterocycles. The molecule has 0 aliphatic heterocycles. The van der Waals surface area contributed by atoms with Crippen molar-refractivity contribution >= 4 is 17.3 Å². The summed E-state index contributed by atoms with van der Waals surface area (Å²) in [4.78, 5) is 0. The van der Waals surface area contributed by atoms with Crippen LogP contribution >= 0.6 is 11.6 Å². The van der Waals surface area contributed by atoms with E-state index in [0.29, 0.717) is 5.92 Å². The summed E-state index contributed by atoms with van der Waals surface area (Å²) in [5.41, 5.74) is 2.38. The highest BCUT2D eigenvalue weighted by atomic mass is 35.5. The van der Waals surface area contributed by atoms with Gasteiger partial charge in [0.15, 0.2) is 0 Å². The zero-order valence-corrected chi connectivity index (χ0v) is 9.15. The molecule has 0 aromatic heterocycles. The minimum Gasteiger partial charge on any atom is -0.385 e. The maximum atomic E-state index is 5.89. The lowest BCUT2D eigenvalue weighted by Crippen LogP contribution is -2.08. The molecule has 1 aromatic carbocycles. The summed E-state index contributed by atoms with van der Waals surface area (Å²) in [7, 11) is 0. The summed E-state index contributed by atoms with van der Waals surface area (Å²) < 4.78 is 0. The van der Waals surface area contributed by atoms with E-state index >= 15 is 0 Å². The molecule has 0 aliphatic rings. The van der Waals surface area contributed by atoms with Crippen molar-refractivity contribution in [1.82, 2.24) is 0 Å². The molecule has 2 heteroatoms. The Hall–Kier alpha value is -0.690. The van der Waals surface area contributed by atoms with Gasteiger partial charge in [-0.1, -0.05) is 31.5 Å². The van der Waals surface area contributed by atoms with Crippen molar-refractivity contribution in [2.24, 2.45) is 5.92 Å². The highest BCUT2D eigenvalue weighted by Gasteiger charge is 1.99. The van der Waals surface area contributed by atoms with Crippen LogP contribution in [0.25, 0.3) is 0 Å². The molecule has 1 nitrogen and oxygen atoms in total. The molecular formula is C11H16ClN. The van der Waals surface area contributed by atoms with Crippen LogP contribution in [0.5, 0.6) is 0 Å². The Kier molecular flexibility index (Phi) is 3.61. The average molecular weight is 198 g/mol. The van der Waals surface area contributed by atoms with E-state index in [1.807, 2.05) is 18.2 Å². The van der Waals surface area contributed by atoms with Crippen LogP contribution in [-0.2, 0) is 0 Å². The summed E-state index contributed by atoms with van der Waals surface area (Å²) in [6.07, 6.45) is 0. The number of nitrogens with one attached hydrogen (secondary N) is 1. The lowest BCUT2D eigenvalue weighted by atomic mass is 10.1. The van der Waals surface area contributed by atoms with Gasteiger partial charge in [0, 0.05) is 17.3 Å². The fraction of sp³-hybridized carbons (Fsp3) is 0.455. The van der Waals surface area contributed by atoms with Gasteiger partial charge in [-0.25, -0.2) is 0 Å². The van der Waals surface area contributed by atoms with Gasteiger partial charge in [-0.15, -0.1) is 0 Å². The zero-order chi connectivity index (χ0) is 9.84. The number of benzene rings is 1. The standard InChI is InChI=1S/C11H16ClN/c1-8(2)7-13-11-6-10(12)5-4-9(11)3/h4-6,8,13H,7H2,1-3H3. The number of anilines is 1. The Balaban J connectivity index is 2.70. The maximum absolute atomic E-state index is 5.89. The van der Waals surface area contributed by atoms with Crippen molar-refractivity contribution < 1.29 is 0 Å². The summed E-state index contributed by atoms with van der Waals surface area (Å²) in [6.45, 7) is 7.44. The molecule has 0 aliphatic carbocycles. The van der Waals surface area contributed by atoms with Crippen LogP contribution < -0.4 is 5.32 Å². The van der Waals surface area contributed by atoms with E-state index in [2.05, 4.69) is 26.1 Å². The third-order valence-corrected chi connectivity index (χ3v) is 2.14. The molecule has 72 valence electrons. The van der Waals surface area contributed by atoms with Gasteiger partial charge in [-0.2, -0.15) is 0 Å². The van der Waals surface area contributed by atoms with Gasteiger partial charge in [-0.3, -0.25) is 0 Å². The topological polar surface area (TPSA) is 12.0 Å². The second-order valence-electron chi connectivity index (χ2n) is 3.73. The minimum atomic E-state index is 0.651. The molecule has 0 fully saturated rings. The first-order chi connectivity index (χ1) is 6.09. The zero-order valence-electron chi connectivity index (χ0n) is 8.39. The highest BCUT2D eigenvalue weighted by molar-refractivity contribution is 6.30.